The summed E-state index contributed by atoms with van der Waals surface area (Å²) in [5.41, 5.74) is 0. The van der Waals surface area contributed by atoms with Crippen LogP contribution in [0.1, 0.15) is 0 Å². The van der Waals surface area contributed by atoms with Crippen LogP contribution < -0.4 is 31.8 Å². The zero-order chi connectivity index (χ0) is 32.6. The molecule has 8 rings (SSSR count). The first-order valence-corrected chi connectivity index (χ1v) is 19.3. The fourth-order valence-electron chi connectivity index (χ4n) is 5.69. The van der Waals surface area contributed by atoms with E-state index in [1.807, 2.05) is 24.3 Å². The molecule has 0 aliphatic heterocycles. The van der Waals surface area contributed by atoms with Gasteiger partial charge in [0, 0.05) is 16.5 Å². The molecule has 8 aromatic rings. The minimum atomic E-state index is -0.877. The van der Waals surface area contributed by atoms with Crippen LogP contribution in [0, 0.1) is 6.07 Å². The van der Waals surface area contributed by atoms with Gasteiger partial charge in [-0.2, -0.15) is 0 Å². The fraction of sp³-hybridized carbons (Fsp3) is 0. The Bertz CT molecular complexity index is 1690. The van der Waals surface area contributed by atoms with Crippen molar-refractivity contribution in [2.45, 2.75) is 0 Å². The molecule has 3 heteroatoms. The SMILES string of the molecule is [Ni].[c-]1cccc2ccccc12.c1ccc([PH+](c2ccccc2)c2ccccc2)cc1.c1ccc([PH+](c2ccccc2)c2ccccc2)cc1. The van der Waals surface area contributed by atoms with E-state index in [0.717, 1.165) is 0 Å². The van der Waals surface area contributed by atoms with Crippen molar-refractivity contribution in [1.29, 1.82) is 0 Å². The Morgan fingerprint density at radius 3 is 0.796 bits per heavy atom. The van der Waals surface area contributed by atoms with Crippen molar-refractivity contribution in [3.63, 3.8) is 0 Å². The van der Waals surface area contributed by atoms with Crippen molar-refractivity contribution < 1.29 is 16.5 Å². The van der Waals surface area contributed by atoms with E-state index in [1.165, 1.54) is 42.6 Å². The Hall–Kier alpha value is -4.63. The summed E-state index contributed by atoms with van der Waals surface area (Å²) in [6.07, 6.45) is 0. The van der Waals surface area contributed by atoms with E-state index in [0.29, 0.717) is 0 Å². The molecule has 242 valence electrons. The number of fused-ring (bicyclic) bond motifs is 1. The maximum atomic E-state index is 3.15. The molecule has 0 fully saturated rings. The standard InChI is InChI=1S/2C18H15P.C10H7.Ni/c2*1-4-10-16(11-5-1)19(17-12-6-2-7-13-17)18-14-8-3-9-15-18;1-2-6-10-8-4-3-7-9(10)5-1;/h2*1-15H;1-7H;/q;;-1;/p+2. The zero-order valence-electron chi connectivity index (χ0n) is 27.2. The Balaban J connectivity index is 0.000000149. The third kappa shape index (κ3) is 10.2. The van der Waals surface area contributed by atoms with E-state index in [4.69, 9.17) is 0 Å². The van der Waals surface area contributed by atoms with Crippen LogP contribution in [0.3, 0.4) is 0 Å². The largest absolute Gasteiger partial charge is 0.147 e. The number of rotatable bonds is 6. The average molecular weight is 712 g/mol. The minimum absolute atomic E-state index is 0. The Morgan fingerprint density at radius 2 is 0.510 bits per heavy atom. The first kappa shape index (κ1) is 35.7. The molecule has 0 aliphatic rings. The molecule has 0 bridgehead atoms. The Morgan fingerprint density at radius 1 is 0.265 bits per heavy atom. The summed E-state index contributed by atoms with van der Waals surface area (Å²) < 4.78 is 0. The monoisotopic (exact) mass is 711 g/mol. The second kappa shape index (κ2) is 19.4. The maximum Gasteiger partial charge on any atom is 0.102 e. The fourth-order valence-corrected chi connectivity index (χ4v) is 10.8. The summed E-state index contributed by atoms with van der Waals surface area (Å²) in [5, 5.41) is 11.1. The normalized spacial score (nSPS) is 10.2. The molecule has 0 unspecified atom stereocenters. The Kier molecular flexibility index (Phi) is 14.1. The summed E-state index contributed by atoms with van der Waals surface area (Å²) >= 11 is 0. The van der Waals surface area contributed by atoms with Gasteiger partial charge in [0.05, 0.1) is 15.8 Å². The number of benzene rings is 8. The molecule has 0 amide bonds. The maximum absolute atomic E-state index is 3.15. The van der Waals surface area contributed by atoms with Gasteiger partial charge in [0.25, 0.3) is 0 Å². The quantitative estimate of drug-likeness (QED) is 0.0918. The predicted octanol–water partition coefficient (Wildman–Crippen LogP) is 8.99. The van der Waals surface area contributed by atoms with Crippen molar-refractivity contribution in [2.24, 2.45) is 0 Å². The summed E-state index contributed by atoms with van der Waals surface area (Å²) in [4.78, 5) is 0. The summed E-state index contributed by atoms with van der Waals surface area (Å²) in [6, 6.07) is 82.4. The van der Waals surface area contributed by atoms with E-state index in [1.54, 1.807) is 0 Å². The van der Waals surface area contributed by atoms with Gasteiger partial charge in [0.2, 0.25) is 0 Å². The van der Waals surface area contributed by atoms with Crippen LogP contribution in [-0.4, -0.2) is 0 Å². The summed E-state index contributed by atoms with van der Waals surface area (Å²) in [5.74, 6) is 0. The van der Waals surface area contributed by atoms with Crippen LogP contribution in [-0.2, 0) is 16.5 Å². The molecule has 49 heavy (non-hydrogen) atoms. The van der Waals surface area contributed by atoms with E-state index >= 15 is 0 Å². The van der Waals surface area contributed by atoms with Gasteiger partial charge < -0.3 is 0 Å². The number of hydrogen-bond donors (Lipinski definition) is 0. The first-order chi connectivity index (χ1) is 23.9. The molecule has 0 N–H and O–H groups in total. The predicted molar refractivity (Wildman–Crippen MR) is 216 cm³/mol. The van der Waals surface area contributed by atoms with Crippen LogP contribution in [0.15, 0.2) is 224 Å². The third-order valence-electron chi connectivity index (χ3n) is 7.95. The van der Waals surface area contributed by atoms with Gasteiger partial charge in [-0.15, -0.1) is 47.2 Å². The molecule has 0 aliphatic carbocycles. The molecule has 8 aromatic carbocycles. The molecular formula is C46H39NiP2+. The second-order valence-electron chi connectivity index (χ2n) is 11.2. The average Bonchev–Trinajstić information content (AvgIpc) is 3.18. The van der Waals surface area contributed by atoms with E-state index in [2.05, 4.69) is 206 Å². The molecule has 0 saturated heterocycles. The molecule has 0 atom stereocenters. The topological polar surface area (TPSA) is 0 Å². The van der Waals surface area contributed by atoms with Gasteiger partial charge in [0.15, 0.2) is 0 Å². The smallest absolute Gasteiger partial charge is 0.102 e. The van der Waals surface area contributed by atoms with Crippen LogP contribution in [0.25, 0.3) is 10.8 Å². The molecule has 0 aromatic heterocycles. The molecule has 0 radical (unpaired) electrons. The van der Waals surface area contributed by atoms with Crippen molar-refractivity contribution in [3.05, 3.63) is 231 Å². The van der Waals surface area contributed by atoms with E-state index < -0.39 is 15.8 Å². The van der Waals surface area contributed by atoms with Crippen LogP contribution in [0.4, 0.5) is 0 Å². The van der Waals surface area contributed by atoms with Crippen LogP contribution in [0.5, 0.6) is 0 Å². The van der Waals surface area contributed by atoms with E-state index in [9.17, 15) is 0 Å². The van der Waals surface area contributed by atoms with E-state index in [-0.39, 0.29) is 16.5 Å². The molecular weight excluding hydrogens is 673 g/mol. The number of hydrogen-bond acceptors (Lipinski definition) is 0. The summed E-state index contributed by atoms with van der Waals surface area (Å²) in [7, 11) is -1.75. The van der Waals surface area contributed by atoms with Crippen molar-refractivity contribution >= 4 is 58.4 Å². The van der Waals surface area contributed by atoms with Gasteiger partial charge in [-0.3, -0.25) is 0 Å². The van der Waals surface area contributed by atoms with Gasteiger partial charge in [-0.25, -0.2) is 0 Å². The van der Waals surface area contributed by atoms with Crippen molar-refractivity contribution in [1.82, 2.24) is 0 Å². The van der Waals surface area contributed by atoms with Gasteiger partial charge in [-0.05, 0) is 72.8 Å². The minimum Gasteiger partial charge on any atom is -0.147 e. The van der Waals surface area contributed by atoms with Crippen molar-refractivity contribution in [3.8, 4) is 0 Å². The molecule has 0 heterocycles. The molecule has 0 saturated carbocycles. The van der Waals surface area contributed by atoms with Gasteiger partial charge >= 0.3 is 0 Å². The zero-order valence-corrected chi connectivity index (χ0v) is 30.2. The molecule has 0 spiro atoms. The van der Waals surface area contributed by atoms with Crippen molar-refractivity contribution in [2.75, 3.05) is 0 Å². The third-order valence-corrected chi connectivity index (χ3v) is 13.4. The Labute approximate surface area is 304 Å². The van der Waals surface area contributed by atoms with Gasteiger partial charge in [-0.1, -0.05) is 121 Å². The second-order valence-corrected chi connectivity index (χ2v) is 16.2. The summed E-state index contributed by atoms with van der Waals surface area (Å²) in [6.45, 7) is 0. The van der Waals surface area contributed by atoms with Crippen LogP contribution in [0.2, 0.25) is 0 Å². The van der Waals surface area contributed by atoms with Crippen LogP contribution >= 0.6 is 15.8 Å². The molecule has 0 nitrogen and oxygen atoms in total. The first-order valence-electron chi connectivity index (χ1n) is 16.3. The van der Waals surface area contributed by atoms with Gasteiger partial charge in [0.1, 0.15) is 31.8 Å².